The molecule has 1 amide bonds. The second-order valence-electron chi connectivity index (χ2n) is 7.55. The molecule has 174 valence electrons. The molecule has 34 heavy (non-hydrogen) atoms. The number of nitrogens with zero attached hydrogens (tertiary/aromatic N) is 2. The molecule has 2 aromatic heterocycles. The number of fused-ring (bicyclic) bond motifs is 4. The van der Waals surface area contributed by atoms with Crippen LogP contribution in [0.25, 0.3) is 21.9 Å². The van der Waals surface area contributed by atoms with Crippen molar-refractivity contribution in [1.82, 2.24) is 15.0 Å². The Balaban J connectivity index is 0.000000162. The summed E-state index contributed by atoms with van der Waals surface area (Å²) in [4.78, 5) is 53.4. The molecule has 0 bridgehead atoms. The molecule has 3 heterocycles. The molecule has 0 spiro atoms. The number of hydrogen-bond acceptors (Lipinski definition) is 7. The maximum Gasteiger partial charge on any atom is 0.314 e. The SMILES string of the molecule is CC(=O)Nc1c([N+](=O)[O-])cc(Br)c2cccnc12.O=c1[nH]c2ccc3c(c2[nH]c1=O)NCCC3. The van der Waals surface area contributed by atoms with E-state index in [9.17, 15) is 24.5 Å². The summed E-state index contributed by atoms with van der Waals surface area (Å²) >= 11 is 3.26. The summed E-state index contributed by atoms with van der Waals surface area (Å²) in [5, 5.41) is 17.4. The van der Waals surface area contributed by atoms with E-state index in [0.717, 1.165) is 25.1 Å². The summed E-state index contributed by atoms with van der Waals surface area (Å²) in [6.45, 7) is 2.19. The maximum absolute atomic E-state index is 11.3. The van der Waals surface area contributed by atoms with Crippen LogP contribution in [0.15, 0.2) is 50.6 Å². The number of amides is 1. The highest BCUT2D eigenvalue weighted by molar-refractivity contribution is 9.10. The average molecular weight is 527 g/mol. The van der Waals surface area contributed by atoms with Gasteiger partial charge in [0.2, 0.25) is 5.91 Å². The number of nitrogens with one attached hydrogen (secondary N) is 4. The molecule has 5 rings (SSSR count). The molecular formula is C22H19BrN6O5. The third kappa shape index (κ3) is 4.53. The number of benzene rings is 2. The molecule has 0 saturated heterocycles. The molecule has 0 atom stereocenters. The number of aromatic amines is 2. The molecule has 2 aromatic carbocycles. The molecule has 0 fully saturated rings. The first-order valence-corrected chi connectivity index (χ1v) is 11.1. The van der Waals surface area contributed by atoms with Crippen LogP contribution >= 0.6 is 15.9 Å². The first-order valence-electron chi connectivity index (χ1n) is 10.3. The molecule has 1 aliphatic rings. The van der Waals surface area contributed by atoms with Crippen molar-refractivity contribution in [2.75, 3.05) is 17.2 Å². The molecular weight excluding hydrogens is 508 g/mol. The zero-order valence-electron chi connectivity index (χ0n) is 17.9. The molecule has 12 heteroatoms. The van der Waals surface area contributed by atoms with E-state index in [0.29, 0.717) is 26.4 Å². The monoisotopic (exact) mass is 526 g/mol. The van der Waals surface area contributed by atoms with Crippen molar-refractivity contribution in [2.45, 2.75) is 19.8 Å². The van der Waals surface area contributed by atoms with Gasteiger partial charge < -0.3 is 20.6 Å². The van der Waals surface area contributed by atoms with Gasteiger partial charge in [-0.1, -0.05) is 12.1 Å². The van der Waals surface area contributed by atoms with Gasteiger partial charge >= 0.3 is 11.1 Å². The van der Waals surface area contributed by atoms with Crippen molar-refractivity contribution < 1.29 is 9.72 Å². The highest BCUT2D eigenvalue weighted by Gasteiger charge is 2.21. The van der Waals surface area contributed by atoms with Crippen LogP contribution in [0.4, 0.5) is 17.1 Å². The van der Waals surface area contributed by atoms with Gasteiger partial charge in [0, 0.05) is 35.6 Å². The van der Waals surface area contributed by atoms with Crippen LogP contribution in [0.5, 0.6) is 0 Å². The normalized spacial score (nSPS) is 12.3. The van der Waals surface area contributed by atoms with Gasteiger partial charge in [0.15, 0.2) is 0 Å². The van der Waals surface area contributed by atoms with Gasteiger partial charge in [-0.25, -0.2) is 0 Å². The molecule has 1 aliphatic heterocycles. The second kappa shape index (κ2) is 9.43. The minimum absolute atomic E-state index is 0.117. The number of halogens is 1. The van der Waals surface area contributed by atoms with E-state index < -0.39 is 16.0 Å². The number of aryl methyl sites for hydroxylation is 1. The van der Waals surface area contributed by atoms with Crippen LogP contribution in [0.3, 0.4) is 0 Å². The first-order chi connectivity index (χ1) is 16.3. The predicted molar refractivity (Wildman–Crippen MR) is 132 cm³/mol. The van der Waals surface area contributed by atoms with E-state index in [1.54, 1.807) is 12.1 Å². The number of aromatic nitrogens is 3. The number of anilines is 2. The minimum Gasteiger partial charge on any atom is -0.383 e. The van der Waals surface area contributed by atoms with Crippen LogP contribution in [0.2, 0.25) is 0 Å². The summed E-state index contributed by atoms with van der Waals surface area (Å²) in [7, 11) is 0. The number of pyridine rings is 1. The van der Waals surface area contributed by atoms with Crippen molar-refractivity contribution in [3.8, 4) is 0 Å². The Morgan fingerprint density at radius 2 is 1.97 bits per heavy atom. The molecule has 11 nitrogen and oxygen atoms in total. The van der Waals surface area contributed by atoms with E-state index in [2.05, 4.69) is 41.5 Å². The van der Waals surface area contributed by atoms with Gasteiger partial charge in [-0.2, -0.15) is 0 Å². The number of carbonyl (C=O) groups is 1. The van der Waals surface area contributed by atoms with Crippen LogP contribution < -0.4 is 21.8 Å². The van der Waals surface area contributed by atoms with Gasteiger partial charge in [0.05, 0.1) is 21.6 Å². The standard InChI is InChI=1S/C11H8BrN3O3.C11H11N3O2/c1-6(16)14-11-9(15(17)18)5-8(12)7-3-2-4-13-10(7)11;15-10-11(16)14-9-7(13-10)4-3-6-2-1-5-12-8(6)9/h2-5H,1H3,(H,14,16);3-4,12H,1-2,5H2,(H,13,15)(H,14,16). The molecule has 0 radical (unpaired) electrons. The van der Waals surface area contributed by atoms with Crippen LogP contribution in [-0.2, 0) is 11.2 Å². The van der Waals surface area contributed by atoms with Crippen molar-refractivity contribution >= 4 is 60.8 Å². The van der Waals surface area contributed by atoms with Gasteiger partial charge in [-0.05, 0) is 46.5 Å². The summed E-state index contributed by atoms with van der Waals surface area (Å²) in [6, 6.07) is 8.66. The molecule has 4 N–H and O–H groups in total. The number of nitro groups is 1. The van der Waals surface area contributed by atoms with Gasteiger partial charge in [0.1, 0.15) is 11.2 Å². The Kier molecular flexibility index (Phi) is 6.41. The molecule has 0 saturated carbocycles. The van der Waals surface area contributed by atoms with Crippen LogP contribution in [0, 0.1) is 10.1 Å². The van der Waals surface area contributed by atoms with Crippen LogP contribution in [-0.4, -0.2) is 32.3 Å². The topological polar surface area (TPSA) is 163 Å². The summed E-state index contributed by atoms with van der Waals surface area (Å²) < 4.78 is 0.561. The molecule has 4 aromatic rings. The zero-order valence-corrected chi connectivity index (χ0v) is 19.5. The quantitative estimate of drug-likeness (QED) is 0.176. The molecule has 0 unspecified atom stereocenters. The Labute approximate surface area is 199 Å². The fourth-order valence-electron chi connectivity index (χ4n) is 3.76. The third-order valence-electron chi connectivity index (χ3n) is 5.23. The lowest BCUT2D eigenvalue weighted by Crippen LogP contribution is -2.29. The smallest absolute Gasteiger partial charge is 0.314 e. The highest BCUT2D eigenvalue weighted by Crippen LogP contribution is 2.36. The highest BCUT2D eigenvalue weighted by atomic mass is 79.9. The number of carbonyl (C=O) groups excluding carboxylic acids is 1. The Bertz CT molecular complexity index is 1560. The van der Waals surface area contributed by atoms with Gasteiger partial charge in [-0.15, -0.1) is 0 Å². The predicted octanol–water partition coefficient (Wildman–Crippen LogP) is 3.44. The van der Waals surface area contributed by atoms with E-state index in [-0.39, 0.29) is 17.3 Å². The number of nitro benzene ring substituents is 1. The number of hydrogen-bond donors (Lipinski definition) is 4. The first kappa shape index (κ1) is 23.1. The Hall–Kier alpha value is -4.06. The van der Waals surface area contributed by atoms with Gasteiger partial charge in [-0.3, -0.25) is 29.5 Å². The Morgan fingerprint density at radius 1 is 1.21 bits per heavy atom. The van der Waals surface area contributed by atoms with Crippen molar-refractivity contribution in [3.63, 3.8) is 0 Å². The van der Waals surface area contributed by atoms with E-state index in [1.807, 2.05) is 12.1 Å². The molecule has 0 aliphatic carbocycles. The zero-order chi connectivity index (χ0) is 24.4. The lowest BCUT2D eigenvalue weighted by atomic mass is 10.0. The summed E-state index contributed by atoms with van der Waals surface area (Å²) in [6.07, 6.45) is 3.61. The lowest BCUT2D eigenvalue weighted by molar-refractivity contribution is -0.383. The van der Waals surface area contributed by atoms with E-state index in [4.69, 9.17) is 0 Å². The average Bonchev–Trinajstić information content (AvgIpc) is 2.82. The fourth-order valence-corrected chi connectivity index (χ4v) is 4.30. The van der Waals surface area contributed by atoms with Crippen molar-refractivity contribution in [2.24, 2.45) is 0 Å². The largest absolute Gasteiger partial charge is 0.383 e. The van der Waals surface area contributed by atoms with Gasteiger partial charge in [0.25, 0.3) is 5.69 Å². The summed E-state index contributed by atoms with van der Waals surface area (Å²) in [5.74, 6) is -0.382. The van der Waals surface area contributed by atoms with E-state index in [1.165, 1.54) is 24.8 Å². The van der Waals surface area contributed by atoms with Crippen LogP contribution in [0.1, 0.15) is 18.9 Å². The third-order valence-corrected chi connectivity index (χ3v) is 5.88. The fraction of sp³-hybridized carbons (Fsp3) is 0.182. The summed E-state index contributed by atoms with van der Waals surface area (Å²) in [5.41, 5.74) is 2.58. The van der Waals surface area contributed by atoms with Crippen molar-refractivity contribution in [1.29, 1.82) is 0 Å². The van der Waals surface area contributed by atoms with Crippen molar-refractivity contribution in [3.05, 3.63) is 77.4 Å². The maximum atomic E-state index is 11.3. The van der Waals surface area contributed by atoms with E-state index >= 15 is 0 Å². The Morgan fingerprint density at radius 3 is 2.71 bits per heavy atom. The number of H-pyrrole nitrogens is 2. The number of rotatable bonds is 2. The lowest BCUT2D eigenvalue weighted by Gasteiger charge is -2.19. The second-order valence-corrected chi connectivity index (χ2v) is 8.41. The minimum atomic E-state index is -0.608.